The van der Waals surface area contributed by atoms with Crippen LogP contribution in [0, 0.1) is 0 Å². The fourth-order valence-corrected chi connectivity index (χ4v) is 2.79. The number of urea groups is 1. The summed E-state index contributed by atoms with van der Waals surface area (Å²) in [6, 6.07) is 9.67. The Bertz CT molecular complexity index is 560. The van der Waals surface area contributed by atoms with E-state index in [2.05, 4.69) is 10.6 Å². The summed E-state index contributed by atoms with van der Waals surface area (Å²) < 4.78 is 19.5. The van der Waals surface area contributed by atoms with Crippen LogP contribution >= 0.6 is 0 Å². The van der Waals surface area contributed by atoms with Crippen molar-refractivity contribution in [3.63, 3.8) is 0 Å². The average Bonchev–Trinajstić information content (AvgIpc) is 2.63. The smallest absolute Gasteiger partial charge is 0.317 e. The van der Waals surface area contributed by atoms with Gasteiger partial charge in [0.25, 0.3) is 5.91 Å². The Hall–Kier alpha value is -2.15. The number of methoxy groups -OCH3 is 1. The van der Waals surface area contributed by atoms with Gasteiger partial charge in [0.05, 0.1) is 6.61 Å². The van der Waals surface area contributed by atoms with Crippen molar-refractivity contribution >= 4 is 11.9 Å². The van der Waals surface area contributed by atoms with Gasteiger partial charge >= 0.3 is 6.03 Å². The first-order valence-electron chi connectivity index (χ1n) is 8.58. The van der Waals surface area contributed by atoms with Crippen molar-refractivity contribution < 1.29 is 18.7 Å². The minimum Gasteiger partial charge on any atom is -0.383 e. The lowest BCUT2D eigenvalue weighted by molar-refractivity contribution is -0.135. The van der Waals surface area contributed by atoms with Crippen LogP contribution in [0.15, 0.2) is 30.3 Å². The summed E-state index contributed by atoms with van der Waals surface area (Å²) in [5.74, 6) is -0.617. The highest BCUT2D eigenvalue weighted by Gasteiger charge is 2.42. The van der Waals surface area contributed by atoms with Gasteiger partial charge in [-0.25, -0.2) is 9.18 Å². The van der Waals surface area contributed by atoms with Crippen LogP contribution in [-0.4, -0.2) is 62.4 Å². The minimum absolute atomic E-state index is 0.0118. The molecule has 1 aromatic rings. The number of carbonyl (C=O) groups excluding carboxylic acids is 2. The maximum absolute atomic E-state index is 14.7. The molecule has 1 aliphatic heterocycles. The molecule has 0 unspecified atom stereocenters. The van der Waals surface area contributed by atoms with E-state index in [9.17, 15) is 14.0 Å². The maximum Gasteiger partial charge on any atom is 0.317 e. The molecule has 25 heavy (non-hydrogen) atoms. The number of alkyl halides is 1. The maximum atomic E-state index is 14.7. The summed E-state index contributed by atoms with van der Waals surface area (Å²) in [5.41, 5.74) is -0.758. The zero-order chi connectivity index (χ0) is 18.1. The lowest BCUT2D eigenvalue weighted by Gasteiger charge is -2.35. The highest BCUT2D eigenvalue weighted by atomic mass is 19.1. The predicted octanol–water partition coefficient (Wildman–Crippen LogP) is 1.51. The highest BCUT2D eigenvalue weighted by molar-refractivity contribution is 5.85. The van der Waals surface area contributed by atoms with Gasteiger partial charge in [0.2, 0.25) is 0 Å². The summed E-state index contributed by atoms with van der Waals surface area (Å²) >= 11 is 0. The van der Waals surface area contributed by atoms with E-state index in [0.29, 0.717) is 13.2 Å². The first kappa shape index (κ1) is 19.2. The van der Waals surface area contributed by atoms with E-state index in [1.165, 1.54) is 7.11 Å². The second-order valence-electron chi connectivity index (χ2n) is 6.17. The summed E-state index contributed by atoms with van der Waals surface area (Å²) in [6.45, 7) is 1.61. The van der Waals surface area contributed by atoms with Gasteiger partial charge in [-0.15, -0.1) is 0 Å². The number of rotatable bonds is 7. The van der Waals surface area contributed by atoms with Crippen LogP contribution in [0.2, 0.25) is 0 Å². The lowest BCUT2D eigenvalue weighted by atomic mass is 9.92. The van der Waals surface area contributed by atoms with Crippen molar-refractivity contribution in [1.29, 1.82) is 0 Å². The van der Waals surface area contributed by atoms with Crippen LogP contribution in [0.4, 0.5) is 9.18 Å². The number of likely N-dealkylation sites (tertiary alicyclic amines) is 1. The third-order valence-electron chi connectivity index (χ3n) is 4.37. The molecule has 1 aliphatic rings. The Morgan fingerprint density at radius 1 is 1.16 bits per heavy atom. The molecule has 1 saturated heterocycles. The molecule has 6 nitrogen and oxygen atoms in total. The third kappa shape index (κ3) is 5.70. The van der Waals surface area contributed by atoms with Gasteiger partial charge in [0.15, 0.2) is 5.67 Å². The number of benzene rings is 1. The van der Waals surface area contributed by atoms with Crippen LogP contribution in [-0.2, 0) is 16.0 Å². The molecule has 0 atom stereocenters. The monoisotopic (exact) mass is 351 g/mol. The quantitative estimate of drug-likeness (QED) is 0.732. The van der Waals surface area contributed by atoms with Crippen LogP contribution in [0.1, 0.15) is 18.4 Å². The van der Waals surface area contributed by atoms with Crippen LogP contribution < -0.4 is 10.6 Å². The van der Waals surface area contributed by atoms with Gasteiger partial charge in [-0.3, -0.25) is 4.79 Å². The molecule has 0 aliphatic carbocycles. The average molecular weight is 351 g/mol. The zero-order valence-corrected chi connectivity index (χ0v) is 14.6. The number of hydrogen-bond acceptors (Lipinski definition) is 3. The second kappa shape index (κ2) is 9.36. The van der Waals surface area contributed by atoms with Crippen molar-refractivity contribution in [2.45, 2.75) is 24.9 Å². The number of ether oxygens (including phenoxy) is 1. The normalized spacial score (nSPS) is 16.3. The Balaban J connectivity index is 1.71. The van der Waals surface area contributed by atoms with E-state index in [1.54, 1.807) is 4.90 Å². The SMILES string of the molecule is COCCNC(=O)C1(F)CCN(C(=O)NCCc2ccccc2)CC1. The van der Waals surface area contributed by atoms with E-state index in [1.807, 2.05) is 30.3 Å². The Kier molecular flexibility index (Phi) is 7.18. The molecule has 0 spiro atoms. The zero-order valence-electron chi connectivity index (χ0n) is 14.6. The van der Waals surface area contributed by atoms with Crippen molar-refractivity contribution in [2.75, 3.05) is 39.9 Å². The van der Waals surface area contributed by atoms with Gasteiger partial charge in [-0.1, -0.05) is 30.3 Å². The molecule has 2 rings (SSSR count). The number of nitrogens with one attached hydrogen (secondary N) is 2. The van der Waals surface area contributed by atoms with Crippen molar-refractivity contribution in [3.05, 3.63) is 35.9 Å². The molecule has 2 N–H and O–H groups in total. The molecule has 0 aromatic heterocycles. The van der Waals surface area contributed by atoms with Gasteiger partial charge in [0, 0.05) is 46.1 Å². The van der Waals surface area contributed by atoms with Crippen molar-refractivity contribution in [2.24, 2.45) is 0 Å². The lowest BCUT2D eigenvalue weighted by Crippen LogP contribution is -2.54. The number of carbonyl (C=O) groups is 2. The van der Waals surface area contributed by atoms with Crippen molar-refractivity contribution in [3.8, 4) is 0 Å². The largest absolute Gasteiger partial charge is 0.383 e. The molecular weight excluding hydrogens is 325 g/mol. The topological polar surface area (TPSA) is 70.7 Å². The summed E-state index contributed by atoms with van der Waals surface area (Å²) in [7, 11) is 1.52. The van der Waals surface area contributed by atoms with Crippen LogP contribution in [0.25, 0.3) is 0 Å². The van der Waals surface area contributed by atoms with E-state index in [0.717, 1.165) is 12.0 Å². The second-order valence-corrected chi connectivity index (χ2v) is 6.17. The number of piperidine rings is 1. The Morgan fingerprint density at radius 2 is 1.84 bits per heavy atom. The molecule has 7 heteroatoms. The van der Waals surface area contributed by atoms with Crippen molar-refractivity contribution in [1.82, 2.24) is 15.5 Å². The van der Waals surface area contributed by atoms with Crippen LogP contribution in [0.5, 0.6) is 0 Å². The fraction of sp³-hybridized carbons (Fsp3) is 0.556. The molecule has 1 heterocycles. The third-order valence-corrected chi connectivity index (χ3v) is 4.37. The number of hydrogen-bond donors (Lipinski definition) is 2. The first-order valence-corrected chi connectivity index (χ1v) is 8.58. The van der Waals surface area contributed by atoms with E-state index in [-0.39, 0.29) is 38.5 Å². The first-order chi connectivity index (χ1) is 12.0. The molecule has 0 bridgehead atoms. The Labute approximate surface area is 147 Å². The van der Waals surface area contributed by atoms with Gasteiger partial charge in [-0.2, -0.15) is 0 Å². The van der Waals surface area contributed by atoms with Crippen LogP contribution in [0.3, 0.4) is 0 Å². The van der Waals surface area contributed by atoms with E-state index in [4.69, 9.17) is 4.74 Å². The molecule has 0 radical (unpaired) electrons. The number of nitrogens with zero attached hydrogens (tertiary/aromatic N) is 1. The highest BCUT2D eigenvalue weighted by Crippen LogP contribution is 2.26. The summed E-state index contributed by atoms with van der Waals surface area (Å²) in [4.78, 5) is 25.7. The fourth-order valence-electron chi connectivity index (χ4n) is 2.79. The van der Waals surface area contributed by atoms with E-state index >= 15 is 0 Å². The summed E-state index contributed by atoms with van der Waals surface area (Å²) in [5, 5.41) is 5.38. The minimum atomic E-state index is -1.91. The van der Waals surface area contributed by atoms with Gasteiger partial charge in [0.1, 0.15) is 0 Å². The molecule has 1 aromatic carbocycles. The molecule has 0 saturated carbocycles. The predicted molar refractivity (Wildman–Crippen MR) is 93.1 cm³/mol. The molecule has 1 fully saturated rings. The van der Waals surface area contributed by atoms with E-state index < -0.39 is 11.6 Å². The molecular formula is C18H26FN3O3. The van der Waals surface area contributed by atoms with Gasteiger partial charge in [-0.05, 0) is 12.0 Å². The summed E-state index contributed by atoms with van der Waals surface area (Å²) in [6.07, 6.45) is 0.769. The molecule has 3 amide bonds. The standard InChI is InChI=1S/C18H26FN3O3/c1-25-14-11-20-16(23)18(19)8-12-22(13-9-18)17(24)21-10-7-15-5-3-2-4-6-15/h2-6H,7-14H2,1H3,(H,20,23)(H,21,24). The van der Waals surface area contributed by atoms with Gasteiger partial charge < -0.3 is 20.3 Å². The number of amides is 3. The molecule has 138 valence electrons. The Morgan fingerprint density at radius 3 is 2.48 bits per heavy atom. The number of halogens is 1.